The summed E-state index contributed by atoms with van der Waals surface area (Å²) in [5.74, 6) is 2.86. The van der Waals surface area contributed by atoms with Crippen LogP contribution in [0.1, 0.15) is 55.6 Å². The Balaban J connectivity index is 1.91. The zero-order chi connectivity index (χ0) is 23.3. The largest absolute Gasteiger partial charge is 0.493 e. The van der Waals surface area contributed by atoms with E-state index in [0.29, 0.717) is 29.6 Å². The molecule has 0 aromatic heterocycles. The Hall–Kier alpha value is -3.16. The first kappa shape index (κ1) is 23.5. The van der Waals surface area contributed by atoms with Crippen molar-refractivity contribution >= 4 is 5.69 Å². The molecule has 3 rings (SSSR count). The third kappa shape index (κ3) is 4.69. The van der Waals surface area contributed by atoms with Crippen LogP contribution in [0.2, 0.25) is 0 Å². The SMILES string of the molecule is CCCOc1c(OC)cc(C2CCC(c3cc(OC)c(OC)c(OC)c3)C2)cc1[N+](=O)[O-]. The zero-order valence-electron chi connectivity index (χ0n) is 19.3. The quantitative estimate of drug-likeness (QED) is 0.354. The summed E-state index contributed by atoms with van der Waals surface area (Å²) in [5.41, 5.74) is 1.95. The second-order valence-electron chi connectivity index (χ2n) is 7.84. The normalized spacial score (nSPS) is 17.7. The van der Waals surface area contributed by atoms with Gasteiger partial charge in [-0.05, 0) is 66.8 Å². The van der Waals surface area contributed by atoms with E-state index in [2.05, 4.69) is 0 Å². The van der Waals surface area contributed by atoms with Gasteiger partial charge in [0.05, 0.1) is 40.0 Å². The van der Waals surface area contributed by atoms with Gasteiger partial charge in [0.1, 0.15) is 0 Å². The number of hydrogen-bond acceptors (Lipinski definition) is 7. The van der Waals surface area contributed by atoms with Crippen LogP contribution in [0.15, 0.2) is 24.3 Å². The van der Waals surface area contributed by atoms with E-state index in [9.17, 15) is 10.1 Å². The van der Waals surface area contributed by atoms with Gasteiger partial charge >= 0.3 is 5.69 Å². The van der Waals surface area contributed by atoms with Gasteiger partial charge in [-0.15, -0.1) is 0 Å². The van der Waals surface area contributed by atoms with Crippen LogP contribution in [0.4, 0.5) is 5.69 Å². The molecular formula is C24H31NO7. The van der Waals surface area contributed by atoms with Crippen molar-refractivity contribution in [1.82, 2.24) is 0 Å². The Kier molecular flexibility index (Phi) is 7.66. The fourth-order valence-corrected chi connectivity index (χ4v) is 4.40. The van der Waals surface area contributed by atoms with E-state index in [-0.39, 0.29) is 23.3 Å². The molecule has 2 aromatic carbocycles. The highest BCUT2D eigenvalue weighted by atomic mass is 16.6. The van der Waals surface area contributed by atoms with Crippen molar-refractivity contribution in [2.45, 2.75) is 44.4 Å². The number of benzene rings is 2. The van der Waals surface area contributed by atoms with Crippen molar-refractivity contribution in [3.8, 4) is 28.7 Å². The molecule has 1 aliphatic rings. The minimum absolute atomic E-state index is 0.0518. The Morgan fingerprint density at radius 3 is 1.78 bits per heavy atom. The van der Waals surface area contributed by atoms with Gasteiger partial charge in [-0.25, -0.2) is 0 Å². The number of nitro groups is 1. The second-order valence-corrected chi connectivity index (χ2v) is 7.84. The molecule has 0 spiro atoms. The standard InChI is InChI=1S/C24H31NO7/c1-6-9-32-23-19(25(26)27)11-17(12-20(23)28-2)15-7-8-16(10-15)18-13-21(29-3)24(31-5)22(14-18)30-4/h11-16H,6-10H2,1-5H3. The third-order valence-corrected chi connectivity index (χ3v) is 5.99. The minimum Gasteiger partial charge on any atom is -0.493 e. The lowest BCUT2D eigenvalue weighted by Crippen LogP contribution is -2.04. The molecule has 2 unspecified atom stereocenters. The molecule has 2 atom stereocenters. The van der Waals surface area contributed by atoms with E-state index in [0.717, 1.165) is 36.8 Å². The number of rotatable bonds is 10. The van der Waals surface area contributed by atoms with E-state index >= 15 is 0 Å². The summed E-state index contributed by atoms with van der Waals surface area (Å²) >= 11 is 0. The van der Waals surface area contributed by atoms with Gasteiger partial charge in [-0.2, -0.15) is 0 Å². The van der Waals surface area contributed by atoms with E-state index in [1.54, 1.807) is 27.4 Å². The van der Waals surface area contributed by atoms with Crippen molar-refractivity contribution in [2.75, 3.05) is 35.0 Å². The number of methoxy groups -OCH3 is 4. The van der Waals surface area contributed by atoms with Crippen LogP contribution in [0, 0.1) is 10.1 Å². The van der Waals surface area contributed by atoms with Gasteiger partial charge in [0.15, 0.2) is 17.2 Å². The Bertz CT molecular complexity index is 935. The van der Waals surface area contributed by atoms with Gasteiger partial charge in [0.2, 0.25) is 11.5 Å². The van der Waals surface area contributed by atoms with Gasteiger partial charge < -0.3 is 23.7 Å². The molecule has 0 heterocycles. The maximum Gasteiger partial charge on any atom is 0.315 e. The molecule has 0 aliphatic heterocycles. The van der Waals surface area contributed by atoms with Gasteiger partial charge in [0.25, 0.3) is 0 Å². The van der Waals surface area contributed by atoms with Gasteiger partial charge in [-0.3, -0.25) is 10.1 Å². The first-order valence-electron chi connectivity index (χ1n) is 10.8. The molecular weight excluding hydrogens is 414 g/mol. The molecule has 0 N–H and O–H groups in total. The molecule has 0 radical (unpaired) electrons. The Morgan fingerprint density at radius 1 is 0.844 bits per heavy atom. The van der Waals surface area contributed by atoms with Crippen molar-refractivity contribution in [3.63, 3.8) is 0 Å². The average molecular weight is 446 g/mol. The van der Waals surface area contributed by atoms with Crippen molar-refractivity contribution in [2.24, 2.45) is 0 Å². The summed E-state index contributed by atoms with van der Waals surface area (Å²) in [5, 5.41) is 11.7. The summed E-state index contributed by atoms with van der Waals surface area (Å²) in [7, 11) is 6.30. The van der Waals surface area contributed by atoms with Crippen LogP contribution < -0.4 is 23.7 Å². The van der Waals surface area contributed by atoms with Gasteiger partial charge in [-0.1, -0.05) is 6.92 Å². The molecule has 0 amide bonds. The third-order valence-electron chi connectivity index (χ3n) is 5.99. The van der Waals surface area contributed by atoms with Crippen LogP contribution in [0.5, 0.6) is 28.7 Å². The van der Waals surface area contributed by atoms with Crippen LogP contribution in [0.25, 0.3) is 0 Å². The van der Waals surface area contributed by atoms with E-state index in [4.69, 9.17) is 23.7 Å². The zero-order valence-corrected chi connectivity index (χ0v) is 19.3. The fraction of sp³-hybridized carbons (Fsp3) is 0.500. The predicted molar refractivity (Wildman–Crippen MR) is 121 cm³/mol. The smallest absolute Gasteiger partial charge is 0.315 e. The molecule has 8 heteroatoms. The first-order valence-corrected chi connectivity index (χ1v) is 10.8. The van der Waals surface area contributed by atoms with E-state index in [1.807, 2.05) is 25.1 Å². The van der Waals surface area contributed by atoms with E-state index < -0.39 is 4.92 Å². The number of hydrogen-bond donors (Lipinski definition) is 0. The summed E-state index contributed by atoms with van der Waals surface area (Å²) in [4.78, 5) is 11.3. The summed E-state index contributed by atoms with van der Waals surface area (Å²) in [6.45, 7) is 2.34. The number of nitro benzene ring substituents is 1. The molecule has 174 valence electrons. The molecule has 2 aromatic rings. The fourth-order valence-electron chi connectivity index (χ4n) is 4.40. The predicted octanol–water partition coefficient (Wildman–Crippen LogP) is 5.47. The van der Waals surface area contributed by atoms with Crippen molar-refractivity contribution < 1.29 is 28.6 Å². The Morgan fingerprint density at radius 2 is 1.34 bits per heavy atom. The Labute approximate surface area is 188 Å². The molecule has 1 saturated carbocycles. The molecule has 1 fully saturated rings. The van der Waals surface area contributed by atoms with Crippen molar-refractivity contribution in [1.29, 1.82) is 0 Å². The molecule has 0 saturated heterocycles. The lowest BCUT2D eigenvalue weighted by atomic mass is 9.92. The summed E-state index contributed by atoms with van der Waals surface area (Å²) in [6.07, 6.45) is 3.47. The summed E-state index contributed by atoms with van der Waals surface area (Å²) in [6, 6.07) is 7.48. The van der Waals surface area contributed by atoms with Crippen LogP contribution in [-0.4, -0.2) is 40.0 Å². The molecule has 0 bridgehead atoms. The highest BCUT2D eigenvalue weighted by molar-refractivity contribution is 5.59. The summed E-state index contributed by atoms with van der Waals surface area (Å²) < 4.78 is 27.5. The minimum atomic E-state index is -0.400. The van der Waals surface area contributed by atoms with Crippen LogP contribution in [0.3, 0.4) is 0 Å². The van der Waals surface area contributed by atoms with Crippen LogP contribution >= 0.6 is 0 Å². The van der Waals surface area contributed by atoms with E-state index in [1.165, 1.54) is 7.11 Å². The number of ether oxygens (including phenoxy) is 5. The monoisotopic (exact) mass is 445 g/mol. The van der Waals surface area contributed by atoms with Crippen molar-refractivity contribution in [3.05, 3.63) is 45.5 Å². The highest BCUT2D eigenvalue weighted by Crippen LogP contribution is 2.50. The lowest BCUT2D eigenvalue weighted by molar-refractivity contribution is -0.386. The second kappa shape index (κ2) is 10.4. The number of nitrogens with zero attached hydrogens (tertiary/aromatic N) is 1. The lowest BCUT2D eigenvalue weighted by Gasteiger charge is -2.18. The maximum atomic E-state index is 11.7. The molecule has 8 nitrogen and oxygen atoms in total. The highest BCUT2D eigenvalue weighted by Gasteiger charge is 2.32. The van der Waals surface area contributed by atoms with Gasteiger partial charge in [0, 0.05) is 6.07 Å². The maximum absolute atomic E-state index is 11.7. The molecule has 1 aliphatic carbocycles. The van der Waals surface area contributed by atoms with Crippen LogP contribution in [-0.2, 0) is 0 Å². The topological polar surface area (TPSA) is 89.3 Å². The first-order chi connectivity index (χ1) is 15.5. The molecule has 32 heavy (non-hydrogen) atoms. The average Bonchev–Trinajstić information content (AvgIpc) is 3.31.